The number of aryl methyl sites for hydroxylation is 1. The molecule has 23 heavy (non-hydrogen) atoms. The van der Waals surface area contributed by atoms with Crippen molar-refractivity contribution >= 4 is 0 Å². The van der Waals surface area contributed by atoms with Crippen molar-refractivity contribution in [1.29, 1.82) is 0 Å². The van der Waals surface area contributed by atoms with Crippen LogP contribution in [0.1, 0.15) is 69.9 Å². The lowest BCUT2D eigenvalue weighted by Crippen LogP contribution is -2.43. The van der Waals surface area contributed by atoms with E-state index >= 15 is 0 Å². The number of aliphatic hydroxyl groups is 1. The molecule has 0 unspecified atom stereocenters. The molecule has 2 fully saturated rings. The molecule has 2 saturated carbocycles. The van der Waals surface area contributed by atoms with E-state index < -0.39 is 0 Å². The zero-order chi connectivity index (χ0) is 16.2. The third kappa shape index (κ3) is 2.41. The number of hydrogen-bond acceptors (Lipinski definition) is 2. The van der Waals surface area contributed by atoms with Gasteiger partial charge in [-0.05, 0) is 98.8 Å². The summed E-state index contributed by atoms with van der Waals surface area (Å²) in [5.41, 5.74) is 3.26. The summed E-state index contributed by atoms with van der Waals surface area (Å²) in [4.78, 5) is 0. The van der Waals surface area contributed by atoms with Crippen LogP contribution >= 0.6 is 0 Å². The molecule has 1 N–H and O–H groups in total. The van der Waals surface area contributed by atoms with E-state index in [2.05, 4.69) is 39.0 Å². The Bertz CT molecular complexity index is 594. The lowest BCUT2D eigenvalue weighted by Gasteiger charge is -2.50. The Hall–Kier alpha value is -1.02. The molecule has 5 atom stereocenters. The second-order valence-corrected chi connectivity index (χ2v) is 8.58. The van der Waals surface area contributed by atoms with Crippen LogP contribution in [-0.2, 0) is 6.42 Å². The van der Waals surface area contributed by atoms with E-state index in [0.717, 1.165) is 24.0 Å². The molecule has 0 bridgehead atoms. The first-order valence-corrected chi connectivity index (χ1v) is 9.46. The fourth-order valence-electron chi connectivity index (χ4n) is 5.88. The molecular formula is C21H30O2. The highest BCUT2D eigenvalue weighted by atomic mass is 16.5. The van der Waals surface area contributed by atoms with Crippen LogP contribution in [0.25, 0.3) is 0 Å². The SMILES string of the molecule is CC(C)Oc1ccc2c(c1)CC[C@@H]1[C@H]3CC[C@@H](O)[C@]3(C)CC[C@@H]21. The molecule has 4 rings (SSSR count). The second-order valence-electron chi connectivity index (χ2n) is 8.58. The Balaban J connectivity index is 1.62. The maximum Gasteiger partial charge on any atom is 0.119 e. The van der Waals surface area contributed by atoms with Crippen LogP contribution in [0.15, 0.2) is 18.2 Å². The average molecular weight is 314 g/mol. The molecule has 2 heteroatoms. The maximum atomic E-state index is 10.5. The lowest BCUT2D eigenvalue weighted by atomic mass is 9.55. The van der Waals surface area contributed by atoms with Crippen LogP contribution in [0.3, 0.4) is 0 Å². The van der Waals surface area contributed by atoms with E-state index in [4.69, 9.17) is 4.74 Å². The Morgan fingerprint density at radius 3 is 2.78 bits per heavy atom. The molecule has 0 radical (unpaired) electrons. The molecule has 0 aromatic heterocycles. The van der Waals surface area contributed by atoms with Crippen LogP contribution in [-0.4, -0.2) is 17.3 Å². The topological polar surface area (TPSA) is 29.5 Å². The summed E-state index contributed by atoms with van der Waals surface area (Å²) in [7, 11) is 0. The smallest absolute Gasteiger partial charge is 0.119 e. The van der Waals surface area contributed by atoms with Crippen LogP contribution in [0.5, 0.6) is 5.75 Å². The summed E-state index contributed by atoms with van der Waals surface area (Å²) >= 11 is 0. The summed E-state index contributed by atoms with van der Waals surface area (Å²) in [5.74, 6) is 3.22. The lowest BCUT2D eigenvalue weighted by molar-refractivity contribution is -0.0226. The Morgan fingerprint density at radius 1 is 1.17 bits per heavy atom. The van der Waals surface area contributed by atoms with Gasteiger partial charge in [-0.25, -0.2) is 0 Å². The summed E-state index contributed by atoms with van der Waals surface area (Å²) in [6.45, 7) is 6.52. The minimum Gasteiger partial charge on any atom is -0.491 e. The van der Waals surface area contributed by atoms with Crippen molar-refractivity contribution in [1.82, 2.24) is 0 Å². The van der Waals surface area contributed by atoms with Crippen molar-refractivity contribution in [3.05, 3.63) is 29.3 Å². The predicted octanol–water partition coefficient (Wildman–Crippen LogP) is 4.69. The summed E-state index contributed by atoms with van der Waals surface area (Å²) in [6.07, 6.45) is 7.29. The van der Waals surface area contributed by atoms with Gasteiger partial charge in [0.05, 0.1) is 12.2 Å². The van der Waals surface area contributed by atoms with Gasteiger partial charge in [0.2, 0.25) is 0 Å². The van der Waals surface area contributed by atoms with E-state index in [1.807, 2.05) is 0 Å². The highest BCUT2D eigenvalue weighted by molar-refractivity contribution is 5.40. The van der Waals surface area contributed by atoms with Crippen molar-refractivity contribution in [2.45, 2.75) is 77.4 Å². The molecule has 0 amide bonds. The Labute approximate surface area is 140 Å². The molecule has 1 aromatic carbocycles. The zero-order valence-corrected chi connectivity index (χ0v) is 14.7. The van der Waals surface area contributed by atoms with E-state index in [9.17, 15) is 5.11 Å². The largest absolute Gasteiger partial charge is 0.491 e. The van der Waals surface area contributed by atoms with Gasteiger partial charge in [-0.2, -0.15) is 0 Å². The van der Waals surface area contributed by atoms with Crippen molar-refractivity contribution in [3.8, 4) is 5.75 Å². The standard InChI is InChI=1S/C21H30O2/c1-13(2)23-15-5-7-16-14(12-15)4-6-18-17(16)10-11-21(3)19(18)8-9-20(21)22/h5,7,12-13,17-20,22H,4,6,8-11H2,1-3H3/t17-,18-,19+,20+,21+/m0/s1. The monoisotopic (exact) mass is 314 g/mol. The van der Waals surface area contributed by atoms with Gasteiger partial charge in [0.15, 0.2) is 0 Å². The van der Waals surface area contributed by atoms with Crippen molar-refractivity contribution in [3.63, 3.8) is 0 Å². The minimum absolute atomic E-state index is 0.0725. The van der Waals surface area contributed by atoms with Crippen LogP contribution in [0.2, 0.25) is 0 Å². The summed E-state index contributed by atoms with van der Waals surface area (Å²) < 4.78 is 5.88. The fraction of sp³-hybridized carbons (Fsp3) is 0.714. The average Bonchev–Trinajstić information content (AvgIpc) is 2.82. The van der Waals surface area contributed by atoms with E-state index in [-0.39, 0.29) is 17.6 Å². The quantitative estimate of drug-likeness (QED) is 0.858. The van der Waals surface area contributed by atoms with Gasteiger partial charge in [-0.3, -0.25) is 0 Å². The molecule has 3 aliphatic carbocycles. The van der Waals surface area contributed by atoms with Gasteiger partial charge >= 0.3 is 0 Å². The fourth-order valence-corrected chi connectivity index (χ4v) is 5.88. The van der Waals surface area contributed by atoms with Crippen LogP contribution < -0.4 is 4.74 Å². The molecule has 126 valence electrons. The third-order valence-corrected chi connectivity index (χ3v) is 7.02. The number of rotatable bonds is 2. The first kappa shape index (κ1) is 15.5. The molecule has 0 aliphatic heterocycles. The van der Waals surface area contributed by atoms with Crippen LogP contribution in [0.4, 0.5) is 0 Å². The van der Waals surface area contributed by atoms with E-state index in [1.165, 1.54) is 37.7 Å². The second kappa shape index (κ2) is 5.51. The highest BCUT2D eigenvalue weighted by Crippen LogP contribution is 2.60. The van der Waals surface area contributed by atoms with Crippen molar-refractivity contribution < 1.29 is 9.84 Å². The summed E-state index contributed by atoms with van der Waals surface area (Å²) in [6, 6.07) is 6.78. The molecule has 0 spiro atoms. The van der Waals surface area contributed by atoms with Gasteiger partial charge in [-0.15, -0.1) is 0 Å². The van der Waals surface area contributed by atoms with Gasteiger partial charge in [0, 0.05) is 0 Å². The first-order valence-electron chi connectivity index (χ1n) is 9.46. The van der Waals surface area contributed by atoms with Crippen molar-refractivity contribution in [2.75, 3.05) is 0 Å². The Morgan fingerprint density at radius 2 is 2.00 bits per heavy atom. The van der Waals surface area contributed by atoms with Crippen molar-refractivity contribution in [2.24, 2.45) is 17.3 Å². The number of ether oxygens (including phenoxy) is 1. The zero-order valence-electron chi connectivity index (χ0n) is 14.7. The normalized spacial score (nSPS) is 38.8. The highest BCUT2D eigenvalue weighted by Gasteiger charge is 2.54. The molecule has 2 nitrogen and oxygen atoms in total. The van der Waals surface area contributed by atoms with Gasteiger partial charge in [0.25, 0.3) is 0 Å². The molecular weight excluding hydrogens is 284 g/mol. The van der Waals surface area contributed by atoms with Gasteiger partial charge in [0.1, 0.15) is 5.75 Å². The number of fused-ring (bicyclic) bond motifs is 5. The molecule has 0 heterocycles. The third-order valence-electron chi connectivity index (χ3n) is 7.02. The maximum absolute atomic E-state index is 10.5. The minimum atomic E-state index is -0.0725. The first-order chi connectivity index (χ1) is 11.0. The molecule has 1 aromatic rings. The molecule has 0 saturated heterocycles. The number of benzene rings is 1. The van der Waals surface area contributed by atoms with Crippen LogP contribution in [0, 0.1) is 17.3 Å². The van der Waals surface area contributed by atoms with E-state index in [1.54, 1.807) is 5.56 Å². The van der Waals surface area contributed by atoms with Gasteiger partial charge in [-0.1, -0.05) is 13.0 Å². The number of hydrogen-bond donors (Lipinski definition) is 1. The van der Waals surface area contributed by atoms with Gasteiger partial charge < -0.3 is 9.84 Å². The molecule has 3 aliphatic rings. The predicted molar refractivity (Wildman–Crippen MR) is 92.8 cm³/mol. The number of aliphatic hydroxyl groups excluding tert-OH is 1. The summed E-state index contributed by atoms with van der Waals surface area (Å²) in [5, 5.41) is 10.5. The van der Waals surface area contributed by atoms with E-state index in [0.29, 0.717) is 5.92 Å². The Kier molecular flexibility index (Phi) is 3.72.